The lowest BCUT2D eigenvalue weighted by molar-refractivity contribution is -0.140. The Hall–Kier alpha value is -3.49. The summed E-state index contributed by atoms with van der Waals surface area (Å²) in [7, 11) is 1.45. The second kappa shape index (κ2) is 6.29. The van der Waals surface area contributed by atoms with Crippen LogP contribution in [0.4, 0.5) is 13.2 Å². The molecule has 9 heteroatoms. The SMILES string of the molecule is COc1ccc(-c2ccc3c4[nH]ncc4c(=O)n(CC(F)(F)F)c3c2)c(O)c1. The van der Waals surface area contributed by atoms with E-state index >= 15 is 0 Å². The van der Waals surface area contributed by atoms with Crippen molar-refractivity contribution in [1.82, 2.24) is 14.8 Å². The molecule has 0 radical (unpaired) electrons. The lowest BCUT2D eigenvalue weighted by atomic mass is 10.0. The van der Waals surface area contributed by atoms with E-state index < -0.39 is 18.3 Å². The number of alkyl halides is 3. The van der Waals surface area contributed by atoms with Crippen LogP contribution < -0.4 is 10.3 Å². The summed E-state index contributed by atoms with van der Waals surface area (Å²) in [5, 5.41) is 17.2. The Morgan fingerprint density at radius 2 is 1.96 bits per heavy atom. The molecule has 4 rings (SSSR count). The number of phenolic OH excluding ortho intramolecular Hbond substituents is 1. The van der Waals surface area contributed by atoms with Gasteiger partial charge in [0, 0.05) is 17.0 Å². The minimum atomic E-state index is -4.58. The summed E-state index contributed by atoms with van der Waals surface area (Å²) in [6.07, 6.45) is -3.36. The van der Waals surface area contributed by atoms with Crippen molar-refractivity contribution < 1.29 is 23.0 Å². The van der Waals surface area contributed by atoms with Gasteiger partial charge in [-0.1, -0.05) is 12.1 Å². The molecule has 0 unspecified atom stereocenters. The summed E-state index contributed by atoms with van der Waals surface area (Å²) < 4.78 is 45.0. The number of fused-ring (bicyclic) bond motifs is 3. The quantitative estimate of drug-likeness (QED) is 0.558. The van der Waals surface area contributed by atoms with Crippen molar-refractivity contribution in [1.29, 1.82) is 0 Å². The summed E-state index contributed by atoms with van der Waals surface area (Å²) >= 11 is 0. The third-order valence-electron chi connectivity index (χ3n) is 4.53. The van der Waals surface area contributed by atoms with E-state index in [0.29, 0.717) is 32.3 Å². The Labute approximate surface area is 155 Å². The number of aromatic nitrogens is 3. The van der Waals surface area contributed by atoms with E-state index in [-0.39, 0.29) is 16.7 Å². The molecule has 2 aromatic carbocycles. The van der Waals surface area contributed by atoms with E-state index in [2.05, 4.69) is 10.2 Å². The molecule has 144 valence electrons. The number of ether oxygens (including phenoxy) is 1. The molecule has 6 nitrogen and oxygen atoms in total. The van der Waals surface area contributed by atoms with Crippen molar-refractivity contribution in [2.45, 2.75) is 12.7 Å². The van der Waals surface area contributed by atoms with Gasteiger partial charge in [0.2, 0.25) is 0 Å². The zero-order chi connectivity index (χ0) is 20.1. The van der Waals surface area contributed by atoms with Crippen LogP contribution in [-0.2, 0) is 6.54 Å². The van der Waals surface area contributed by atoms with Gasteiger partial charge in [-0.3, -0.25) is 14.5 Å². The summed E-state index contributed by atoms with van der Waals surface area (Å²) in [5.74, 6) is 0.348. The number of aromatic amines is 1. The lowest BCUT2D eigenvalue weighted by Crippen LogP contribution is -2.28. The summed E-state index contributed by atoms with van der Waals surface area (Å²) in [4.78, 5) is 12.6. The molecule has 0 saturated carbocycles. The van der Waals surface area contributed by atoms with Gasteiger partial charge < -0.3 is 9.84 Å². The van der Waals surface area contributed by atoms with Crippen LogP contribution in [0.3, 0.4) is 0 Å². The van der Waals surface area contributed by atoms with Crippen LogP contribution in [0.1, 0.15) is 0 Å². The molecule has 0 atom stereocenters. The number of nitrogens with one attached hydrogen (secondary N) is 1. The highest BCUT2D eigenvalue weighted by molar-refractivity contribution is 6.04. The standard InChI is InChI=1S/C19H14F3N3O3/c1-28-11-3-5-12(16(26)7-11)10-2-4-13-15(6-10)25(9-19(20,21)22)18(27)14-8-23-24-17(13)14/h2-8,26H,9H2,1H3,(H,23,24). The minimum absolute atomic E-state index is 0.0804. The fraction of sp³-hybridized carbons (Fsp3) is 0.158. The van der Waals surface area contributed by atoms with Crippen LogP contribution in [0, 0.1) is 0 Å². The Balaban J connectivity index is 2.01. The number of nitrogens with zero attached hydrogens (tertiary/aromatic N) is 2. The first kappa shape index (κ1) is 17.9. The first-order chi connectivity index (χ1) is 13.3. The maximum absolute atomic E-state index is 13.1. The molecule has 2 aromatic heterocycles. The zero-order valence-electron chi connectivity index (χ0n) is 14.5. The van der Waals surface area contributed by atoms with E-state index in [0.717, 1.165) is 0 Å². The fourth-order valence-corrected chi connectivity index (χ4v) is 3.26. The number of hydrogen-bond acceptors (Lipinski definition) is 4. The number of phenols is 1. The largest absolute Gasteiger partial charge is 0.507 e. The molecule has 2 N–H and O–H groups in total. The predicted octanol–water partition coefficient (Wildman–Crippen LogP) is 3.82. The number of hydrogen-bond donors (Lipinski definition) is 2. The van der Waals surface area contributed by atoms with Crippen molar-refractivity contribution in [2.24, 2.45) is 0 Å². The Kier molecular flexibility index (Phi) is 4.02. The zero-order valence-corrected chi connectivity index (χ0v) is 14.5. The first-order valence-electron chi connectivity index (χ1n) is 8.22. The molecule has 0 amide bonds. The van der Waals surface area contributed by atoms with E-state index in [1.165, 1.54) is 25.4 Å². The monoisotopic (exact) mass is 389 g/mol. The van der Waals surface area contributed by atoms with E-state index in [4.69, 9.17) is 4.74 Å². The van der Waals surface area contributed by atoms with Gasteiger partial charge in [0.25, 0.3) is 5.56 Å². The normalized spacial score (nSPS) is 12.0. The van der Waals surface area contributed by atoms with Gasteiger partial charge in [0.15, 0.2) is 0 Å². The molecule has 2 heterocycles. The van der Waals surface area contributed by atoms with Gasteiger partial charge in [-0.25, -0.2) is 0 Å². The maximum atomic E-state index is 13.1. The molecule has 0 aliphatic rings. The van der Waals surface area contributed by atoms with Gasteiger partial charge in [-0.15, -0.1) is 0 Å². The molecular weight excluding hydrogens is 375 g/mol. The average molecular weight is 389 g/mol. The number of pyridine rings is 1. The molecule has 28 heavy (non-hydrogen) atoms. The van der Waals surface area contributed by atoms with Crippen LogP contribution in [0.15, 0.2) is 47.4 Å². The molecule has 4 aromatic rings. The van der Waals surface area contributed by atoms with Gasteiger partial charge in [0.05, 0.1) is 29.7 Å². The van der Waals surface area contributed by atoms with Gasteiger partial charge in [0.1, 0.15) is 18.0 Å². The van der Waals surface area contributed by atoms with Crippen molar-refractivity contribution in [3.63, 3.8) is 0 Å². The number of halogens is 3. The maximum Gasteiger partial charge on any atom is 0.406 e. The van der Waals surface area contributed by atoms with Gasteiger partial charge >= 0.3 is 6.18 Å². The number of benzene rings is 2. The van der Waals surface area contributed by atoms with E-state index in [1.807, 2.05) is 0 Å². The highest BCUT2D eigenvalue weighted by Gasteiger charge is 2.30. The van der Waals surface area contributed by atoms with Crippen LogP contribution in [0.25, 0.3) is 32.9 Å². The Bertz CT molecular complexity index is 1260. The minimum Gasteiger partial charge on any atom is -0.507 e. The first-order valence-corrected chi connectivity index (χ1v) is 8.22. The molecule has 0 aliphatic carbocycles. The van der Waals surface area contributed by atoms with Crippen LogP contribution in [-0.4, -0.2) is 33.2 Å². The third-order valence-corrected chi connectivity index (χ3v) is 4.53. The molecule has 0 spiro atoms. The summed E-state index contributed by atoms with van der Waals surface area (Å²) in [6.45, 7) is -1.43. The van der Waals surface area contributed by atoms with E-state index in [9.17, 15) is 23.1 Å². The second-order valence-corrected chi connectivity index (χ2v) is 6.28. The van der Waals surface area contributed by atoms with Crippen molar-refractivity contribution in [2.75, 3.05) is 7.11 Å². The number of aromatic hydroxyl groups is 1. The number of methoxy groups -OCH3 is 1. The molecule has 0 fully saturated rings. The lowest BCUT2D eigenvalue weighted by Gasteiger charge is -2.15. The van der Waals surface area contributed by atoms with Crippen molar-refractivity contribution in [3.05, 3.63) is 52.9 Å². The highest BCUT2D eigenvalue weighted by atomic mass is 19.4. The fourth-order valence-electron chi connectivity index (χ4n) is 3.26. The number of rotatable bonds is 3. The smallest absolute Gasteiger partial charge is 0.406 e. The van der Waals surface area contributed by atoms with Crippen molar-refractivity contribution in [3.8, 4) is 22.6 Å². The van der Waals surface area contributed by atoms with Crippen LogP contribution in [0.5, 0.6) is 11.5 Å². The topological polar surface area (TPSA) is 80.1 Å². The van der Waals surface area contributed by atoms with Crippen LogP contribution >= 0.6 is 0 Å². The Morgan fingerprint density at radius 1 is 1.18 bits per heavy atom. The van der Waals surface area contributed by atoms with Gasteiger partial charge in [-0.2, -0.15) is 18.3 Å². The van der Waals surface area contributed by atoms with Gasteiger partial charge in [-0.05, 0) is 23.8 Å². The molecule has 0 aliphatic heterocycles. The Morgan fingerprint density at radius 3 is 2.64 bits per heavy atom. The summed E-state index contributed by atoms with van der Waals surface area (Å²) in [5.41, 5.74) is 0.528. The third kappa shape index (κ3) is 2.94. The average Bonchev–Trinajstić information content (AvgIpc) is 3.14. The van der Waals surface area contributed by atoms with Crippen molar-refractivity contribution >= 4 is 21.8 Å². The van der Waals surface area contributed by atoms with E-state index in [1.54, 1.807) is 24.3 Å². The molecular formula is C19H14F3N3O3. The highest BCUT2D eigenvalue weighted by Crippen LogP contribution is 2.35. The van der Waals surface area contributed by atoms with Crippen LogP contribution in [0.2, 0.25) is 0 Å². The number of H-pyrrole nitrogens is 1. The second-order valence-electron chi connectivity index (χ2n) is 6.28. The molecule has 0 saturated heterocycles. The molecule has 0 bridgehead atoms. The predicted molar refractivity (Wildman–Crippen MR) is 97.6 cm³/mol. The summed E-state index contributed by atoms with van der Waals surface area (Å²) in [6, 6.07) is 9.33.